The van der Waals surface area contributed by atoms with Crippen molar-refractivity contribution in [1.29, 1.82) is 0 Å². The largest absolute Gasteiger partial charge is 0.504 e. The summed E-state index contributed by atoms with van der Waals surface area (Å²) in [6.45, 7) is 4.97. The van der Waals surface area contributed by atoms with Gasteiger partial charge in [0.25, 0.3) is 5.91 Å². The zero-order valence-electron chi connectivity index (χ0n) is 11.7. The van der Waals surface area contributed by atoms with Crippen molar-refractivity contribution in [2.45, 2.75) is 26.3 Å². The van der Waals surface area contributed by atoms with Gasteiger partial charge in [-0.1, -0.05) is 6.07 Å². The lowest BCUT2D eigenvalue weighted by Crippen LogP contribution is -2.38. The number of phenols is 1. The van der Waals surface area contributed by atoms with Gasteiger partial charge < -0.3 is 20.5 Å². The number of carbonyl (C=O) groups excluding carboxylic acids is 1. The average Bonchev–Trinajstić information content (AvgIpc) is 2.38. The Hall–Kier alpha value is -1.75. The van der Waals surface area contributed by atoms with Gasteiger partial charge in [-0.25, -0.2) is 0 Å². The predicted octanol–water partition coefficient (Wildman–Crippen LogP) is 1.60. The molecule has 0 heterocycles. The van der Waals surface area contributed by atoms with E-state index in [1.807, 2.05) is 13.8 Å². The molecule has 5 heteroatoms. The third kappa shape index (κ3) is 3.61. The maximum atomic E-state index is 12.5. The van der Waals surface area contributed by atoms with Crippen LogP contribution in [0.1, 0.15) is 30.6 Å². The van der Waals surface area contributed by atoms with E-state index in [9.17, 15) is 9.90 Å². The lowest BCUT2D eigenvalue weighted by molar-refractivity contribution is 0.0701. The molecule has 0 aliphatic carbocycles. The van der Waals surface area contributed by atoms with E-state index in [-0.39, 0.29) is 23.3 Å². The second-order valence-electron chi connectivity index (χ2n) is 4.59. The summed E-state index contributed by atoms with van der Waals surface area (Å²) < 4.78 is 5.02. The van der Waals surface area contributed by atoms with Crippen LogP contribution in [0.3, 0.4) is 0 Å². The molecule has 0 saturated carbocycles. The Kier molecular flexibility index (Phi) is 5.63. The van der Waals surface area contributed by atoms with Gasteiger partial charge in [-0.2, -0.15) is 0 Å². The molecule has 0 spiro atoms. The molecule has 5 nitrogen and oxygen atoms in total. The first-order chi connectivity index (χ1) is 9.02. The second kappa shape index (κ2) is 6.99. The van der Waals surface area contributed by atoms with Crippen molar-refractivity contribution in [2.24, 2.45) is 5.73 Å². The zero-order chi connectivity index (χ0) is 14.4. The third-order valence-electron chi connectivity index (χ3n) is 2.94. The van der Waals surface area contributed by atoms with Crippen molar-refractivity contribution in [3.05, 3.63) is 23.8 Å². The molecule has 0 saturated heterocycles. The van der Waals surface area contributed by atoms with Crippen molar-refractivity contribution in [1.82, 2.24) is 4.90 Å². The maximum Gasteiger partial charge on any atom is 0.257 e. The van der Waals surface area contributed by atoms with Gasteiger partial charge in [0, 0.05) is 12.6 Å². The molecule has 1 aromatic carbocycles. The molecular formula is C14H22N2O3. The standard InChI is InChI=1S/C14H22N2O3/c1-10(2)16(9-5-8-15)14(18)11-6-4-7-12(19-3)13(11)17/h4,6-7,10,17H,5,8-9,15H2,1-3H3. The lowest BCUT2D eigenvalue weighted by Gasteiger charge is -2.27. The van der Waals surface area contributed by atoms with Crippen LogP contribution in [-0.2, 0) is 0 Å². The molecule has 0 unspecified atom stereocenters. The highest BCUT2D eigenvalue weighted by molar-refractivity contribution is 5.97. The van der Waals surface area contributed by atoms with Crippen molar-refractivity contribution >= 4 is 5.91 Å². The number of ether oxygens (including phenoxy) is 1. The Bertz CT molecular complexity index is 433. The van der Waals surface area contributed by atoms with Crippen molar-refractivity contribution < 1.29 is 14.6 Å². The molecule has 0 atom stereocenters. The summed E-state index contributed by atoms with van der Waals surface area (Å²) in [5.41, 5.74) is 5.74. The van der Waals surface area contributed by atoms with Gasteiger partial charge in [0.05, 0.1) is 12.7 Å². The number of hydrogen-bond donors (Lipinski definition) is 2. The highest BCUT2D eigenvalue weighted by Gasteiger charge is 2.22. The Morgan fingerprint density at radius 1 is 1.47 bits per heavy atom. The van der Waals surface area contributed by atoms with Crippen LogP contribution in [-0.4, -0.2) is 42.2 Å². The average molecular weight is 266 g/mol. The number of hydrogen-bond acceptors (Lipinski definition) is 4. The number of nitrogens with two attached hydrogens (primary N) is 1. The van der Waals surface area contributed by atoms with E-state index in [4.69, 9.17) is 10.5 Å². The predicted molar refractivity (Wildman–Crippen MR) is 74.5 cm³/mol. The van der Waals surface area contributed by atoms with Gasteiger partial charge in [-0.3, -0.25) is 4.79 Å². The van der Waals surface area contributed by atoms with Crippen LogP contribution in [0, 0.1) is 0 Å². The fraction of sp³-hybridized carbons (Fsp3) is 0.500. The summed E-state index contributed by atoms with van der Waals surface area (Å²) >= 11 is 0. The fourth-order valence-electron chi connectivity index (χ4n) is 1.87. The molecular weight excluding hydrogens is 244 g/mol. The fourth-order valence-corrected chi connectivity index (χ4v) is 1.87. The molecule has 0 bridgehead atoms. The highest BCUT2D eigenvalue weighted by atomic mass is 16.5. The van der Waals surface area contributed by atoms with Crippen molar-refractivity contribution in [2.75, 3.05) is 20.2 Å². The van der Waals surface area contributed by atoms with Gasteiger partial charge in [0.2, 0.25) is 0 Å². The van der Waals surface area contributed by atoms with E-state index in [0.717, 1.165) is 6.42 Å². The minimum atomic E-state index is -0.208. The first kappa shape index (κ1) is 15.3. The van der Waals surface area contributed by atoms with Crippen LogP contribution in [0.25, 0.3) is 0 Å². The zero-order valence-corrected chi connectivity index (χ0v) is 11.7. The summed E-state index contributed by atoms with van der Waals surface area (Å²) in [7, 11) is 1.46. The van der Waals surface area contributed by atoms with Crippen LogP contribution >= 0.6 is 0 Å². The van der Waals surface area contributed by atoms with Gasteiger partial charge >= 0.3 is 0 Å². The quantitative estimate of drug-likeness (QED) is 0.820. The van der Waals surface area contributed by atoms with E-state index >= 15 is 0 Å². The van der Waals surface area contributed by atoms with E-state index in [1.165, 1.54) is 7.11 Å². The molecule has 3 N–H and O–H groups in total. The van der Waals surface area contributed by atoms with Gasteiger partial charge in [0.15, 0.2) is 11.5 Å². The van der Waals surface area contributed by atoms with E-state index in [1.54, 1.807) is 23.1 Å². The first-order valence-electron chi connectivity index (χ1n) is 6.40. The summed E-state index contributed by atoms with van der Waals surface area (Å²) in [5, 5.41) is 10.0. The van der Waals surface area contributed by atoms with Crippen LogP contribution < -0.4 is 10.5 Å². The molecule has 1 rings (SSSR count). The van der Waals surface area contributed by atoms with Crippen LogP contribution in [0.2, 0.25) is 0 Å². The Morgan fingerprint density at radius 3 is 2.68 bits per heavy atom. The highest BCUT2D eigenvalue weighted by Crippen LogP contribution is 2.30. The monoisotopic (exact) mass is 266 g/mol. The number of phenolic OH excluding ortho intramolecular Hbond substituents is 1. The van der Waals surface area contributed by atoms with Crippen LogP contribution in [0.5, 0.6) is 11.5 Å². The molecule has 0 aliphatic heterocycles. The summed E-state index contributed by atoms with van der Waals surface area (Å²) in [4.78, 5) is 14.1. The third-order valence-corrected chi connectivity index (χ3v) is 2.94. The van der Waals surface area contributed by atoms with E-state index in [0.29, 0.717) is 18.8 Å². The van der Waals surface area contributed by atoms with Gasteiger partial charge in [-0.05, 0) is 38.9 Å². The van der Waals surface area contributed by atoms with E-state index < -0.39 is 0 Å². The molecule has 0 fully saturated rings. The molecule has 1 aromatic rings. The smallest absolute Gasteiger partial charge is 0.257 e. The molecule has 0 aliphatic rings. The minimum Gasteiger partial charge on any atom is -0.504 e. The van der Waals surface area contributed by atoms with Crippen molar-refractivity contribution in [3.63, 3.8) is 0 Å². The number of nitrogens with zero attached hydrogens (tertiary/aromatic N) is 1. The molecule has 19 heavy (non-hydrogen) atoms. The SMILES string of the molecule is COc1cccc(C(=O)N(CCCN)C(C)C)c1O. The number of rotatable bonds is 6. The Balaban J connectivity index is 3.02. The minimum absolute atomic E-state index is 0.0460. The number of benzene rings is 1. The summed E-state index contributed by atoms with van der Waals surface area (Å²) in [6.07, 6.45) is 0.731. The number of para-hydroxylation sites is 1. The number of amides is 1. The van der Waals surface area contributed by atoms with E-state index in [2.05, 4.69) is 0 Å². The first-order valence-corrected chi connectivity index (χ1v) is 6.40. The molecule has 0 aromatic heterocycles. The Labute approximate surface area is 114 Å². The second-order valence-corrected chi connectivity index (χ2v) is 4.59. The van der Waals surface area contributed by atoms with Crippen LogP contribution in [0.4, 0.5) is 0 Å². The number of methoxy groups -OCH3 is 1. The summed E-state index contributed by atoms with van der Waals surface area (Å²) in [6, 6.07) is 4.95. The number of aromatic hydroxyl groups is 1. The normalized spacial score (nSPS) is 10.6. The van der Waals surface area contributed by atoms with Gasteiger partial charge in [-0.15, -0.1) is 0 Å². The van der Waals surface area contributed by atoms with Crippen molar-refractivity contribution in [3.8, 4) is 11.5 Å². The Morgan fingerprint density at radius 2 is 2.16 bits per heavy atom. The topological polar surface area (TPSA) is 75.8 Å². The summed E-state index contributed by atoms with van der Waals surface area (Å²) in [5.74, 6) is -0.0263. The molecule has 0 radical (unpaired) electrons. The maximum absolute atomic E-state index is 12.5. The van der Waals surface area contributed by atoms with Crippen LogP contribution in [0.15, 0.2) is 18.2 Å². The lowest BCUT2D eigenvalue weighted by atomic mass is 10.1. The molecule has 1 amide bonds. The number of carbonyl (C=O) groups is 1. The molecule has 106 valence electrons. The van der Waals surface area contributed by atoms with Gasteiger partial charge in [0.1, 0.15) is 0 Å².